The molecule has 1 heterocycles. The van der Waals surface area contributed by atoms with Crippen molar-refractivity contribution in [1.29, 1.82) is 0 Å². The molecule has 4 heteroatoms. The second kappa shape index (κ2) is 2.62. The third-order valence-electron chi connectivity index (χ3n) is 1.30. The molecule has 1 aliphatic rings. The number of hydrogen-bond acceptors (Lipinski definition) is 4. The fourth-order valence-electron chi connectivity index (χ4n) is 0.713. The van der Waals surface area contributed by atoms with E-state index in [-0.39, 0.29) is 6.61 Å². The topological polar surface area (TPSA) is 69.9 Å². The Morgan fingerprint density at radius 2 is 2.11 bits per heavy atom. The summed E-state index contributed by atoms with van der Waals surface area (Å²) in [6.07, 6.45) is -2.59. The van der Waals surface area contributed by atoms with Gasteiger partial charge in [-0.1, -0.05) is 0 Å². The molecule has 0 aliphatic carbocycles. The van der Waals surface area contributed by atoms with Crippen LogP contribution >= 0.6 is 0 Å². The maximum absolute atomic E-state index is 8.89. The Morgan fingerprint density at radius 1 is 1.44 bits per heavy atom. The molecule has 3 N–H and O–H groups in total. The van der Waals surface area contributed by atoms with Crippen molar-refractivity contribution in [3.8, 4) is 0 Å². The molecule has 0 spiro atoms. The van der Waals surface area contributed by atoms with Crippen molar-refractivity contribution in [2.45, 2.75) is 18.3 Å². The molecule has 1 saturated heterocycles. The number of rotatable bonds is 1. The van der Waals surface area contributed by atoms with E-state index in [1.165, 1.54) is 0 Å². The average molecular weight is 133 g/mol. The van der Waals surface area contributed by atoms with Crippen LogP contribution < -0.4 is 0 Å². The average Bonchev–Trinajstić information content (AvgIpc) is 2.15. The molecule has 9 heavy (non-hydrogen) atoms. The highest BCUT2D eigenvalue weighted by Crippen LogP contribution is 2.16. The van der Waals surface area contributed by atoms with Crippen LogP contribution in [0.5, 0.6) is 0 Å². The van der Waals surface area contributed by atoms with Crippen molar-refractivity contribution in [3.05, 3.63) is 6.61 Å². The van der Waals surface area contributed by atoms with E-state index in [4.69, 9.17) is 15.3 Å². The Labute approximate surface area is 52.7 Å². The fourth-order valence-corrected chi connectivity index (χ4v) is 0.713. The van der Waals surface area contributed by atoms with Crippen LogP contribution in [-0.4, -0.2) is 40.2 Å². The van der Waals surface area contributed by atoms with E-state index in [9.17, 15) is 0 Å². The van der Waals surface area contributed by atoms with Gasteiger partial charge in [0.2, 0.25) is 0 Å². The molecular weight excluding hydrogens is 124 g/mol. The van der Waals surface area contributed by atoms with Gasteiger partial charge in [0.1, 0.15) is 24.9 Å². The first-order valence-electron chi connectivity index (χ1n) is 2.71. The minimum absolute atomic E-state index is 0.269. The quantitative estimate of drug-likeness (QED) is 0.397. The van der Waals surface area contributed by atoms with Gasteiger partial charge >= 0.3 is 0 Å². The second-order valence-corrected chi connectivity index (χ2v) is 1.97. The molecule has 0 aromatic carbocycles. The van der Waals surface area contributed by atoms with Crippen molar-refractivity contribution < 1.29 is 20.1 Å². The summed E-state index contributed by atoms with van der Waals surface area (Å²) in [5.74, 6) is 0. The predicted molar refractivity (Wildman–Crippen MR) is 28.3 cm³/mol. The molecule has 1 fully saturated rings. The molecule has 3 atom stereocenters. The lowest BCUT2D eigenvalue weighted by atomic mass is 10.2. The van der Waals surface area contributed by atoms with Gasteiger partial charge in [-0.3, -0.25) is 0 Å². The van der Waals surface area contributed by atoms with E-state index in [0.29, 0.717) is 0 Å². The number of ether oxygens (including phenoxy) is 1. The third-order valence-corrected chi connectivity index (χ3v) is 1.30. The second-order valence-electron chi connectivity index (χ2n) is 1.97. The van der Waals surface area contributed by atoms with Crippen LogP contribution in [-0.2, 0) is 4.74 Å². The monoisotopic (exact) mass is 133 g/mol. The lowest BCUT2D eigenvalue weighted by Gasteiger charge is -2.10. The maximum atomic E-state index is 8.89. The Kier molecular flexibility index (Phi) is 2.02. The molecular formula is C5H9O4. The summed E-state index contributed by atoms with van der Waals surface area (Å²) in [6.45, 7) is 0.848. The van der Waals surface area contributed by atoms with E-state index in [2.05, 4.69) is 4.74 Å². The summed E-state index contributed by atoms with van der Waals surface area (Å²) in [6, 6.07) is 0. The first-order valence-corrected chi connectivity index (χ1v) is 2.71. The minimum atomic E-state index is -0.977. The fraction of sp³-hybridized carbons (Fsp3) is 0.800. The normalized spacial score (nSPS) is 43.7. The molecule has 0 bridgehead atoms. The first-order chi connectivity index (χ1) is 4.25. The Bertz CT molecular complexity index is 95.0. The van der Waals surface area contributed by atoms with Crippen LogP contribution in [0.4, 0.5) is 0 Å². The van der Waals surface area contributed by atoms with E-state index >= 15 is 0 Å². The predicted octanol–water partition coefficient (Wildman–Crippen LogP) is -1.74. The molecule has 1 aliphatic heterocycles. The SMILES string of the molecule is OCC1O[CH][C@@H](O)[C@@H]1O. The maximum Gasteiger partial charge on any atom is 0.115 e. The van der Waals surface area contributed by atoms with Crippen molar-refractivity contribution in [1.82, 2.24) is 0 Å². The standard InChI is InChI=1S/C5H9O4/c6-1-4-5(8)3(7)2-9-4/h2-8H,1H2/t3-,4?,5+/m1/s1. The Balaban J connectivity index is 2.41. The molecule has 4 nitrogen and oxygen atoms in total. The molecule has 1 unspecified atom stereocenters. The smallest absolute Gasteiger partial charge is 0.115 e. The minimum Gasteiger partial charge on any atom is -0.394 e. The summed E-state index contributed by atoms with van der Waals surface area (Å²) in [5.41, 5.74) is 0. The summed E-state index contributed by atoms with van der Waals surface area (Å²) in [7, 11) is 0. The Hall–Kier alpha value is -0.160. The zero-order chi connectivity index (χ0) is 6.85. The highest BCUT2D eigenvalue weighted by atomic mass is 16.5. The summed E-state index contributed by atoms with van der Waals surface area (Å²) in [4.78, 5) is 0. The van der Waals surface area contributed by atoms with Crippen LogP contribution in [0.3, 0.4) is 0 Å². The van der Waals surface area contributed by atoms with Crippen molar-refractivity contribution >= 4 is 0 Å². The lowest BCUT2D eigenvalue weighted by molar-refractivity contribution is -0.00317. The van der Waals surface area contributed by atoms with Crippen LogP contribution in [0.15, 0.2) is 0 Å². The lowest BCUT2D eigenvalue weighted by Crippen LogP contribution is -2.31. The zero-order valence-electron chi connectivity index (χ0n) is 4.77. The van der Waals surface area contributed by atoms with E-state index in [1.807, 2.05) is 0 Å². The van der Waals surface area contributed by atoms with E-state index in [1.54, 1.807) is 0 Å². The van der Waals surface area contributed by atoms with Gasteiger partial charge in [0, 0.05) is 0 Å². The van der Waals surface area contributed by atoms with E-state index < -0.39 is 18.3 Å². The van der Waals surface area contributed by atoms with Gasteiger partial charge in [-0.2, -0.15) is 0 Å². The van der Waals surface area contributed by atoms with Crippen LogP contribution in [0.2, 0.25) is 0 Å². The summed E-state index contributed by atoms with van der Waals surface area (Å²) < 4.78 is 4.65. The van der Waals surface area contributed by atoms with Crippen molar-refractivity contribution in [3.63, 3.8) is 0 Å². The molecule has 1 radical (unpaired) electrons. The molecule has 0 saturated carbocycles. The molecule has 0 amide bonds. The molecule has 0 aromatic rings. The van der Waals surface area contributed by atoms with Gasteiger partial charge in [-0.05, 0) is 0 Å². The van der Waals surface area contributed by atoms with Crippen molar-refractivity contribution in [2.24, 2.45) is 0 Å². The van der Waals surface area contributed by atoms with Gasteiger partial charge in [-0.15, -0.1) is 0 Å². The van der Waals surface area contributed by atoms with Crippen molar-refractivity contribution in [2.75, 3.05) is 6.61 Å². The molecule has 0 aromatic heterocycles. The largest absolute Gasteiger partial charge is 0.394 e. The highest BCUT2D eigenvalue weighted by Gasteiger charge is 2.34. The molecule has 53 valence electrons. The zero-order valence-corrected chi connectivity index (χ0v) is 4.77. The molecule has 1 rings (SSSR count). The summed E-state index contributed by atoms with van der Waals surface area (Å²) in [5, 5.41) is 26.1. The van der Waals surface area contributed by atoms with Crippen LogP contribution in [0.25, 0.3) is 0 Å². The summed E-state index contributed by atoms with van der Waals surface area (Å²) >= 11 is 0. The van der Waals surface area contributed by atoms with Gasteiger partial charge in [0.25, 0.3) is 0 Å². The first kappa shape index (κ1) is 6.95. The third kappa shape index (κ3) is 1.21. The number of aliphatic hydroxyl groups excluding tert-OH is 3. The van der Waals surface area contributed by atoms with Gasteiger partial charge in [0.15, 0.2) is 0 Å². The highest BCUT2D eigenvalue weighted by molar-refractivity contribution is 4.89. The van der Waals surface area contributed by atoms with Crippen LogP contribution in [0, 0.1) is 6.61 Å². The van der Waals surface area contributed by atoms with E-state index in [0.717, 1.165) is 6.61 Å². The number of hydrogen-bond donors (Lipinski definition) is 3. The van der Waals surface area contributed by atoms with Gasteiger partial charge in [0.05, 0.1) is 6.61 Å². The van der Waals surface area contributed by atoms with Gasteiger partial charge in [-0.25, -0.2) is 0 Å². The van der Waals surface area contributed by atoms with Crippen LogP contribution in [0.1, 0.15) is 0 Å². The van der Waals surface area contributed by atoms with Gasteiger partial charge < -0.3 is 20.1 Å². The Morgan fingerprint density at radius 3 is 2.33 bits per heavy atom. The number of aliphatic hydroxyl groups is 3.